The second kappa shape index (κ2) is 15.7. The zero-order valence-corrected chi connectivity index (χ0v) is 25.5. The van der Waals surface area contributed by atoms with Crippen molar-refractivity contribution in [3.63, 3.8) is 0 Å². The smallest absolute Gasteiger partial charge is 0.296 e. The minimum atomic E-state index is -5.01. The quantitative estimate of drug-likeness (QED) is 0.0183. The Morgan fingerprint density at radius 1 is 0.756 bits per heavy atom. The molecule has 0 aliphatic carbocycles. The van der Waals surface area contributed by atoms with Crippen LogP contribution >= 0.6 is 36.1 Å². The van der Waals surface area contributed by atoms with E-state index < -0.39 is 26.5 Å². The molecule has 0 unspecified atom stereocenters. The minimum absolute atomic E-state index is 0.0210. The lowest BCUT2D eigenvalue weighted by molar-refractivity contribution is -0.432. The molecule has 4 rings (SSSR count). The molecule has 0 aliphatic rings. The lowest BCUT2D eigenvalue weighted by atomic mass is 10.1. The summed E-state index contributed by atoms with van der Waals surface area (Å²) in [5.74, 6) is -0.794. The fraction of sp³-hybridized carbons (Fsp3) is 0.0435. The molecule has 4 aromatic carbocycles. The van der Waals surface area contributed by atoms with E-state index in [9.17, 15) is 18.1 Å². The van der Waals surface area contributed by atoms with Gasteiger partial charge in [-0.15, -0.1) is 28.3 Å². The third-order valence-corrected chi connectivity index (χ3v) is 8.27. The number of nitrogen functional groups attached to an aromatic ring is 1. The Kier molecular flexibility index (Phi) is 12.0. The molecule has 0 aromatic heterocycles. The number of benzene rings is 4. The number of aromatic hydroxyl groups is 1. The molecule has 0 fully saturated rings. The van der Waals surface area contributed by atoms with E-state index in [0.717, 1.165) is 23.7 Å². The Bertz CT molecular complexity index is 1840. The first kappa shape index (κ1) is 34.4. The van der Waals surface area contributed by atoms with E-state index in [1.54, 1.807) is 31.2 Å². The Balaban J connectivity index is 1.88. The number of azo groups is 2. The maximum absolute atomic E-state index is 12.4. The predicted molar refractivity (Wildman–Crippen MR) is 158 cm³/mol. The van der Waals surface area contributed by atoms with Crippen molar-refractivity contribution in [1.29, 1.82) is 0 Å². The van der Waals surface area contributed by atoms with E-state index in [-0.39, 0.29) is 37.6 Å². The summed E-state index contributed by atoms with van der Waals surface area (Å²) in [5.41, 5.74) is 6.53. The summed E-state index contributed by atoms with van der Waals surface area (Å²) < 4.78 is 48.1. The summed E-state index contributed by atoms with van der Waals surface area (Å²) in [6, 6.07) is 13.2. The van der Waals surface area contributed by atoms with E-state index in [1.165, 1.54) is 24.3 Å². The van der Waals surface area contributed by atoms with Crippen molar-refractivity contribution in [2.24, 2.45) is 20.5 Å². The summed E-state index contributed by atoms with van der Waals surface area (Å²) in [4.78, 5) is 0.0412. The predicted octanol–water partition coefficient (Wildman–Crippen LogP) is 7.80. The molecule has 18 nitrogen and oxygen atoms in total. The van der Waals surface area contributed by atoms with Gasteiger partial charge in [0, 0.05) is 4.90 Å². The average molecular weight is 702 g/mol. The van der Waals surface area contributed by atoms with Crippen molar-refractivity contribution in [1.82, 2.24) is 0 Å². The molecule has 7 N–H and O–H groups in total. The third kappa shape index (κ3) is 8.63. The van der Waals surface area contributed by atoms with E-state index >= 15 is 0 Å². The first-order valence-corrected chi connectivity index (χ1v) is 15.3. The Morgan fingerprint density at radius 3 is 2.02 bits per heavy atom. The highest BCUT2D eigenvalue weighted by molar-refractivity contribution is 7.95. The van der Waals surface area contributed by atoms with Gasteiger partial charge >= 0.3 is 0 Å². The fourth-order valence-corrected chi connectivity index (χ4v) is 5.62. The molecular formula is C23H19N5O13S4. The Morgan fingerprint density at radius 2 is 1.38 bits per heavy atom. The van der Waals surface area contributed by atoms with Gasteiger partial charge in [0.05, 0.1) is 62.7 Å². The lowest BCUT2D eigenvalue weighted by Crippen LogP contribution is -2.00. The van der Waals surface area contributed by atoms with Gasteiger partial charge < -0.3 is 10.8 Å². The molecule has 0 saturated carbocycles. The molecule has 22 heteroatoms. The topological polar surface area (TPSA) is 266 Å². The van der Waals surface area contributed by atoms with Gasteiger partial charge in [0.1, 0.15) is 22.0 Å². The number of nitrogens with two attached hydrogens (primary N) is 1. The molecule has 0 aliphatic heterocycles. The highest BCUT2D eigenvalue weighted by Crippen LogP contribution is 2.49. The van der Waals surface area contributed by atoms with E-state index in [1.807, 2.05) is 0 Å². The molecule has 0 heterocycles. The minimum Gasteiger partial charge on any atom is -0.505 e. The molecule has 0 radical (unpaired) electrons. The Labute approximate surface area is 265 Å². The maximum Gasteiger partial charge on any atom is 0.296 e. The van der Waals surface area contributed by atoms with Crippen LogP contribution in [0, 0.1) is 6.92 Å². The normalized spacial score (nSPS) is 12.2. The molecular weight excluding hydrogens is 683 g/mol. The van der Waals surface area contributed by atoms with Crippen molar-refractivity contribution < 1.29 is 62.0 Å². The van der Waals surface area contributed by atoms with E-state index in [4.69, 9.17) is 21.5 Å². The first-order valence-electron chi connectivity index (χ1n) is 11.7. The Hall–Kier alpha value is -3.46. The van der Waals surface area contributed by atoms with Gasteiger partial charge in [0.2, 0.25) is 0 Å². The molecule has 0 bridgehead atoms. The van der Waals surface area contributed by atoms with Crippen LogP contribution in [0.1, 0.15) is 5.56 Å². The summed E-state index contributed by atoms with van der Waals surface area (Å²) in [7, 11) is -5.01. The van der Waals surface area contributed by atoms with Gasteiger partial charge in [-0.25, -0.2) is 15.8 Å². The van der Waals surface area contributed by atoms with Crippen molar-refractivity contribution in [2.45, 2.75) is 26.5 Å². The monoisotopic (exact) mass is 701 g/mol. The standard InChI is InChI=1S/C23H19N5O13S4/c1-11-2-7-16(43-40-37-31)15(8-11)26-28-22-18(45(33,34)35)10-12-9-17(44-41-38-32)21(20(24)19(12)23(22)29)27-25-13-3-5-14(6-4-13)42-39-36-30/h2-10,29-32H,24H2,1H3,(H,33,34,35). The van der Waals surface area contributed by atoms with Crippen molar-refractivity contribution in [3.05, 3.63) is 60.2 Å². The number of aryl methyl sites for hydroxylation is 1. The number of phenols is 1. The van der Waals surface area contributed by atoms with Crippen molar-refractivity contribution in [3.8, 4) is 5.75 Å². The number of fused-ring (bicyclic) bond motifs is 1. The van der Waals surface area contributed by atoms with E-state index in [0.29, 0.717) is 34.7 Å². The summed E-state index contributed by atoms with van der Waals surface area (Å²) >= 11 is 1.71. The molecule has 0 atom stereocenters. The van der Waals surface area contributed by atoms with Crippen LogP contribution in [0.4, 0.5) is 28.4 Å². The SMILES string of the molecule is Cc1ccc(SOOO)c(N=Nc2c(S(=O)(=O)O)cc3cc(SOOO)c(N=Nc4ccc(SOOO)cc4)c(N)c3c2O)c1. The van der Waals surface area contributed by atoms with Crippen LogP contribution in [0.5, 0.6) is 5.75 Å². The van der Waals surface area contributed by atoms with Crippen LogP contribution in [0.2, 0.25) is 0 Å². The molecule has 0 saturated heterocycles. The molecule has 0 spiro atoms. The van der Waals surface area contributed by atoms with Crippen LogP contribution in [0.25, 0.3) is 10.8 Å². The van der Waals surface area contributed by atoms with Crippen LogP contribution in [0.15, 0.2) is 94.6 Å². The summed E-state index contributed by atoms with van der Waals surface area (Å²) in [6.45, 7) is 1.74. The second-order valence-electron chi connectivity index (χ2n) is 8.32. The van der Waals surface area contributed by atoms with Gasteiger partial charge in [-0.2, -0.15) is 13.5 Å². The van der Waals surface area contributed by atoms with Gasteiger partial charge in [-0.3, -0.25) is 4.55 Å². The summed E-state index contributed by atoms with van der Waals surface area (Å²) in [5, 5.41) is 63.6. The largest absolute Gasteiger partial charge is 0.505 e. The summed E-state index contributed by atoms with van der Waals surface area (Å²) in [6.07, 6.45) is 0. The molecule has 45 heavy (non-hydrogen) atoms. The second-order valence-corrected chi connectivity index (χ2v) is 12.0. The molecule has 238 valence electrons. The van der Waals surface area contributed by atoms with Gasteiger partial charge in [-0.1, -0.05) is 21.2 Å². The van der Waals surface area contributed by atoms with Gasteiger partial charge in [0.25, 0.3) is 10.1 Å². The maximum atomic E-state index is 12.4. The van der Waals surface area contributed by atoms with Gasteiger partial charge in [0.15, 0.2) is 5.75 Å². The highest BCUT2D eigenvalue weighted by Gasteiger charge is 2.26. The number of nitrogens with zero attached hydrogens (tertiary/aromatic N) is 4. The zero-order valence-electron chi connectivity index (χ0n) is 22.2. The fourth-order valence-electron chi connectivity index (χ4n) is 3.69. The number of rotatable bonds is 14. The third-order valence-electron chi connectivity index (χ3n) is 5.54. The average Bonchev–Trinajstić information content (AvgIpc) is 3.01. The van der Waals surface area contributed by atoms with Crippen LogP contribution in [0.3, 0.4) is 0 Å². The highest BCUT2D eigenvalue weighted by atomic mass is 32.2. The lowest BCUT2D eigenvalue weighted by Gasteiger charge is -2.14. The van der Waals surface area contributed by atoms with Crippen LogP contribution in [-0.4, -0.2) is 33.8 Å². The van der Waals surface area contributed by atoms with Crippen LogP contribution in [-0.2, 0) is 38.2 Å². The van der Waals surface area contributed by atoms with Crippen LogP contribution < -0.4 is 5.73 Å². The molecule has 4 aromatic rings. The number of phenolic OH excluding ortho intramolecular Hbond substituents is 1. The van der Waals surface area contributed by atoms with Gasteiger partial charge in [-0.05, 0) is 66.4 Å². The molecule has 0 amide bonds. The number of hydrogen-bond acceptors (Lipinski definition) is 20. The zero-order chi connectivity index (χ0) is 32.6. The first-order chi connectivity index (χ1) is 21.6. The van der Waals surface area contributed by atoms with Crippen molar-refractivity contribution in [2.75, 3.05) is 5.73 Å². The van der Waals surface area contributed by atoms with Crippen molar-refractivity contribution >= 4 is 85.5 Å². The number of anilines is 1. The van der Waals surface area contributed by atoms with E-state index in [2.05, 4.69) is 48.6 Å². The number of hydrogen-bond donors (Lipinski definition) is 6.